The molecule has 5 amide bonds. The minimum Gasteiger partial charge on any atom is -0.453 e. The van der Waals surface area contributed by atoms with Crippen molar-refractivity contribution in [3.8, 4) is 22.4 Å². The molecule has 56 heavy (non-hydrogen) atoms. The molecular weight excluding hydrogens is 716 g/mol. The number of ether oxygens (including phenoxy) is 2. The summed E-state index contributed by atoms with van der Waals surface area (Å²) in [4.78, 5) is 81.0. The van der Waals surface area contributed by atoms with Crippen molar-refractivity contribution >= 4 is 35.7 Å². The summed E-state index contributed by atoms with van der Waals surface area (Å²) in [6.45, 7) is 10.3. The molecule has 3 aliphatic rings. The van der Waals surface area contributed by atoms with Gasteiger partial charge >= 0.3 is 12.2 Å². The number of imidazole rings is 1. The number of rotatable bonds is 11. The number of nitrogens with one attached hydrogen (secondary N) is 4. The van der Waals surface area contributed by atoms with Gasteiger partial charge < -0.3 is 40.2 Å². The second-order valence-electron chi connectivity index (χ2n) is 15.5. The summed E-state index contributed by atoms with van der Waals surface area (Å²) in [6.07, 6.45) is 3.45. The Hall–Kier alpha value is -5.73. The summed E-state index contributed by atoms with van der Waals surface area (Å²) in [5, 5.41) is 8.30. The van der Waals surface area contributed by atoms with Crippen molar-refractivity contribution in [3.63, 3.8) is 0 Å². The quantitative estimate of drug-likeness (QED) is 0.212. The monoisotopic (exact) mass is 768 g/mol. The number of likely N-dealkylation sites (tertiary alicyclic amines) is 2. The number of H-pyrrole nitrogens is 1. The Balaban J connectivity index is 1.13. The molecule has 6 rings (SSSR count). The SMILES string of the molecule is COC(=O)N[C@H](C(=O)N1CCC[C@H]1C1=NC(C)(c2ccc(-c3ccc(-c4cnc([C@@H]5CCCN5C(=O)[C@@H](NC(=O)OC)C(C)C)[nH]4)cc3)cc2)C(=O)N1)C(C)C. The highest BCUT2D eigenvalue weighted by atomic mass is 16.5. The lowest BCUT2D eigenvalue weighted by atomic mass is 9.91. The van der Waals surface area contributed by atoms with Crippen LogP contribution in [0.4, 0.5) is 9.59 Å². The van der Waals surface area contributed by atoms with Crippen LogP contribution in [0.1, 0.15) is 77.7 Å². The van der Waals surface area contributed by atoms with E-state index < -0.39 is 35.9 Å². The summed E-state index contributed by atoms with van der Waals surface area (Å²) in [5.74, 6) is 0.201. The number of amides is 5. The predicted octanol–water partition coefficient (Wildman–Crippen LogP) is 4.90. The minimum absolute atomic E-state index is 0.120. The standard InChI is InChI=1S/C41H52N8O7/c1-23(2)32(44-39(53)55-6)36(50)48-20-8-10-30(48)34-42-22-29(43-34)27-14-12-25(13-15-27)26-16-18-28(19-17-26)41(5)38(52)46-35(47-41)31-11-9-21-49(31)37(51)33(24(3)4)45-40(54)56-7/h12-19,22-24,30-33H,8-11,20-21H2,1-7H3,(H,42,43)(H,44,53)(H,45,54)(H,46,47,52)/t30-,31-,32-,33-,41?/m0/s1. The molecular formula is C41H52N8O7. The molecule has 0 bridgehead atoms. The molecule has 4 heterocycles. The van der Waals surface area contributed by atoms with Crippen LogP contribution in [0.2, 0.25) is 0 Å². The van der Waals surface area contributed by atoms with E-state index >= 15 is 0 Å². The van der Waals surface area contributed by atoms with Gasteiger partial charge in [0.1, 0.15) is 23.7 Å². The van der Waals surface area contributed by atoms with Gasteiger partial charge in [-0.15, -0.1) is 0 Å². The van der Waals surface area contributed by atoms with Crippen molar-refractivity contribution in [1.82, 2.24) is 35.7 Å². The number of benzene rings is 2. The third kappa shape index (κ3) is 7.98. The van der Waals surface area contributed by atoms with Crippen molar-refractivity contribution in [3.05, 3.63) is 66.1 Å². The Kier molecular flexibility index (Phi) is 11.8. The normalized spacial score (nSPS) is 21.8. The van der Waals surface area contributed by atoms with E-state index in [1.165, 1.54) is 14.2 Å². The fraction of sp³-hybridized carbons (Fsp3) is 0.488. The van der Waals surface area contributed by atoms with E-state index in [0.29, 0.717) is 31.2 Å². The number of aromatic nitrogens is 2. The van der Waals surface area contributed by atoms with Gasteiger partial charge in [0.25, 0.3) is 5.91 Å². The van der Waals surface area contributed by atoms with Crippen LogP contribution >= 0.6 is 0 Å². The zero-order valence-electron chi connectivity index (χ0n) is 33.0. The maximum Gasteiger partial charge on any atom is 0.407 e. The molecule has 298 valence electrons. The first-order valence-corrected chi connectivity index (χ1v) is 19.2. The lowest BCUT2D eigenvalue weighted by molar-refractivity contribution is -0.135. The van der Waals surface area contributed by atoms with Crippen molar-refractivity contribution in [2.75, 3.05) is 27.3 Å². The molecule has 15 heteroatoms. The lowest BCUT2D eigenvalue weighted by Gasteiger charge is -2.30. The number of methoxy groups -OCH3 is 2. The zero-order valence-corrected chi connectivity index (χ0v) is 33.0. The van der Waals surface area contributed by atoms with Crippen LogP contribution in [-0.2, 0) is 29.4 Å². The van der Waals surface area contributed by atoms with Crippen LogP contribution < -0.4 is 16.0 Å². The summed E-state index contributed by atoms with van der Waals surface area (Å²) >= 11 is 0. The smallest absolute Gasteiger partial charge is 0.407 e. The van der Waals surface area contributed by atoms with Gasteiger partial charge in [0, 0.05) is 13.1 Å². The number of carbonyl (C=O) groups excluding carboxylic acids is 5. The number of amidine groups is 1. The Morgan fingerprint density at radius 2 is 1.25 bits per heavy atom. The Labute approximate surface area is 327 Å². The molecule has 5 atom stereocenters. The summed E-state index contributed by atoms with van der Waals surface area (Å²) in [7, 11) is 2.54. The van der Waals surface area contributed by atoms with Crippen molar-refractivity contribution in [1.29, 1.82) is 0 Å². The van der Waals surface area contributed by atoms with Gasteiger partial charge in [0.2, 0.25) is 11.8 Å². The molecule has 2 aromatic carbocycles. The zero-order chi connectivity index (χ0) is 40.3. The molecule has 0 radical (unpaired) electrons. The molecule has 3 aromatic rings. The summed E-state index contributed by atoms with van der Waals surface area (Å²) in [6, 6.07) is 13.7. The fourth-order valence-electron chi connectivity index (χ4n) is 7.78. The van der Waals surface area contributed by atoms with Gasteiger partial charge in [-0.05, 0) is 66.7 Å². The van der Waals surface area contributed by atoms with Gasteiger partial charge in [0.15, 0.2) is 5.54 Å². The van der Waals surface area contributed by atoms with Crippen molar-refractivity contribution in [2.24, 2.45) is 16.8 Å². The van der Waals surface area contributed by atoms with Gasteiger partial charge in [0.05, 0.1) is 38.2 Å². The first-order valence-electron chi connectivity index (χ1n) is 19.2. The highest BCUT2D eigenvalue weighted by Gasteiger charge is 2.46. The van der Waals surface area contributed by atoms with Crippen molar-refractivity contribution < 1.29 is 33.4 Å². The molecule has 0 aliphatic carbocycles. The van der Waals surface area contributed by atoms with Crippen molar-refractivity contribution in [2.45, 2.75) is 90.0 Å². The lowest BCUT2D eigenvalue weighted by Crippen LogP contribution is -2.55. The van der Waals surface area contributed by atoms with Gasteiger partial charge in [-0.2, -0.15) is 0 Å². The largest absolute Gasteiger partial charge is 0.453 e. The number of alkyl carbamates (subject to hydrolysis) is 2. The number of hydrogen-bond donors (Lipinski definition) is 4. The average molecular weight is 769 g/mol. The van der Waals surface area contributed by atoms with E-state index in [2.05, 4.69) is 25.9 Å². The number of hydrogen-bond acceptors (Lipinski definition) is 9. The first kappa shape index (κ1) is 39.9. The highest BCUT2D eigenvalue weighted by molar-refractivity contribution is 6.11. The Bertz CT molecular complexity index is 1980. The van der Waals surface area contributed by atoms with E-state index in [1.807, 2.05) is 76.2 Å². The topological polar surface area (TPSA) is 187 Å². The molecule has 15 nitrogen and oxygen atoms in total. The van der Waals surface area contributed by atoms with Crippen LogP contribution in [0.25, 0.3) is 22.4 Å². The molecule has 2 saturated heterocycles. The third-order valence-corrected chi connectivity index (χ3v) is 11.1. The molecule has 1 aromatic heterocycles. The molecule has 4 N–H and O–H groups in total. The van der Waals surface area contributed by atoms with Gasteiger partial charge in [-0.3, -0.25) is 14.4 Å². The predicted molar refractivity (Wildman–Crippen MR) is 209 cm³/mol. The Morgan fingerprint density at radius 3 is 1.77 bits per heavy atom. The van der Waals surface area contributed by atoms with Gasteiger partial charge in [-0.25, -0.2) is 19.6 Å². The number of carbonyl (C=O) groups is 5. The molecule has 0 spiro atoms. The van der Waals surface area contributed by atoms with E-state index in [1.54, 1.807) is 22.9 Å². The van der Waals surface area contributed by atoms with Gasteiger partial charge in [-0.1, -0.05) is 76.2 Å². The molecule has 1 unspecified atom stereocenters. The van der Waals surface area contributed by atoms with E-state index in [9.17, 15) is 24.0 Å². The highest BCUT2D eigenvalue weighted by Crippen LogP contribution is 2.35. The fourth-order valence-corrected chi connectivity index (χ4v) is 7.78. The first-order chi connectivity index (χ1) is 26.7. The number of aromatic amines is 1. The second-order valence-corrected chi connectivity index (χ2v) is 15.5. The summed E-state index contributed by atoms with van der Waals surface area (Å²) in [5.41, 5.74) is 3.24. The molecule has 2 fully saturated rings. The van der Waals surface area contributed by atoms with Crippen LogP contribution in [0.3, 0.4) is 0 Å². The third-order valence-electron chi connectivity index (χ3n) is 11.1. The Morgan fingerprint density at radius 1 is 0.768 bits per heavy atom. The number of aliphatic imine (C=N–C) groups is 1. The average Bonchev–Trinajstić information content (AvgIpc) is 4.02. The van der Waals surface area contributed by atoms with Crippen LogP contribution in [0.5, 0.6) is 0 Å². The van der Waals surface area contributed by atoms with Crippen LogP contribution in [0.15, 0.2) is 59.7 Å². The summed E-state index contributed by atoms with van der Waals surface area (Å²) < 4.78 is 9.49. The maximum atomic E-state index is 13.6. The van der Waals surface area contributed by atoms with Crippen LogP contribution in [0, 0.1) is 11.8 Å². The second kappa shape index (κ2) is 16.6. The van der Waals surface area contributed by atoms with E-state index in [0.717, 1.165) is 47.2 Å². The van der Waals surface area contributed by atoms with E-state index in [-0.39, 0.29) is 35.6 Å². The maximum absolute atomic E-state index is 13.6. The number of nitrogens with zero attached hydrogens (tertiary/aromatic N) is 4. The molecule has 3 aliphatic heterocycles. The van der Waals surface area contributed by atoms with Crippen LogP contribution in [-0.4, -0.2) is 101 Å². The molecule has 0 saturated carbocycles. The van der Waals surface area contributed by atoms with E-state index in [4.69, 9.17) is 14.5 Å². The minimum atomic E-state index is -1.18.